The molecule has 74 valence electrons. The predicted octanol–water partition coefficient (Wildman–Crippen LogP) is 1.45. The first kappa shape index (κ1) is 9.02. The van der Waals surface area contributed by atoms with Gasteiger partial charge in [0.05, 0.1) is 12.7 Å². The van der Waals surface area contributed by atoms with Crippen LogP contribution in [0.3, 0.4) is 0 Å². The second-order valence-electron chi connectivity index (χ2n) is 3.27. The molecule has 2 rings (SSSR count). The van der Waals surface area contributed by atoms with E-state index in [1.165, 1.54) is 0 Å². The van der Waals surface area contributed by atoms with Crippen molar-refractivity contribution >= 4 is 0 Å². The van der Waals surface area contributed by atoms with Crippen LogP contribution in [0, 0.1) is 6.92 Å². The van der Waals surface area contributed by atoms with Crippen LogP contribution in [-0.4, -0.2) is 9.78 Å². The van der Waals surface area contributed by atoms with Crippen molar-refractivity contribution in [1.82, 2.24) is 9.78 Å². The molecule has 0 aromatic carbocycles. The van der Waals surface area contributed by atoms with Gasteiger partial charge in [0.15, 0.2) is 5.76 Å². The van der Waals surface area contributed by atoms with Crippen LogP contribution in [-0.2, 0) is 13.6 Å². The van der Waals surface area contributed by atoms with E-state index in [1.807, 2.05) is 32.3 Å². The summed E-state index contributed by atoms with van der Waals surface area (Å²) in [6.07, 6.45) is 1.82. The van der Waals surface area contributed by atoms with Crippen LogP contribution >= 0.6 is 0 Å². The highest BCUT2D eigenvalue weighted by atomic mass is 16.3. The summed E-state index contributed by atoms with van der Waals surface area (Å²) in [5, 5.41) is 4.15. The molecule has 0 saturated carbocycles. The van der Waals surface area contributed by atoms with Crippen molar-refractivity contribution in [1.29, 1.82) is 0 Å². The molecule has 2 heterocycles. The van der Waals surface area contributed by atoms with Gasteiger partial charge < -0.3 is 10.2 Å². The molecular formula is C10H13N3O. The fourth-order valence-corrected chi connectivity index (χ4v) is 1.52. The van der Waals surface area contributed by atoms with Gasteiger partial charge in [-0.1, -0.05) is 0 Å². The number of rotatable bonds is 2. The Morgan fingerprint density at radius 3 is 2.79 bits per heavy atom. The first-order chi connectivity index (χ1) is 6.72. The molecule has 2 aromatic rings. The van der Waals surface area contributed by atoms with Gasteiger partial charge in [0.2, 0.25) is 0 Å². The van der Waals surface area contributed by atoms with Gasteiger partial charge in [-0.2, -0.15) is 5.10 Å². The highest BCUT2D eigenvalue weighted by Gasteiger charge is 2.10. The maximum atomic E-state index is 5.55. The molecule has 0 aliphatic heterocycles. The van der Waals surface area contributed by atoms with Crippen LogP contribution in [0.4, 0.5) is 0 Å². The van der Waals surface area contributed by atoms with Gasteiger partial charge in [-0.15, -0.1) is 0 Å². The smallest absolute Gasteiger partial charge is 0.152 e. The number of aryl methyl sites for hydroxylation is 2. The standard InChI is InChI=1S/C10H13N3O/c1-7-6-12-13(2)10(7)9-4-3-8(5-11)14-9/h3-4,6H,5,11H2,1-2H3. The predicted molar refractivity (Wildman–Crippen MR) is 53.5 cm³/mol. The van der Waals surface area contributed by atoms with Crippen LogP contribution in [0.2, 0.25) is 0 Å². The van der Waals surface area contributed by atoms with E-state index in [-0.39, 0.29) is 0 Å². The van der Waals surface area contributed by atoms with Crippen molar-refractivity contribution in [3.8, 4) is 11.5 Å². The first-order valence-electron chi connectivity index (χ1n) is 4.50. The Balaban J connectivity index is 2.48. The van der Waals surface area contributed by atoms with Gasteiger partial charge in [-0.25, -0.2) is 0 Å². The van der Waals surface area contributed by atoms with Crippen molar-refractivity contribution < 1.29 is 4.42 Å². The number of nitrogens with two attached hydrogens (primary N) is 1. The van der Waals surface area contributed by atoms with Gasteiger partial charge in [-0.3, -0.25) is 4.68 Å². The van der Waals surface area contributed by atoms with Crippen molar-refractivity contribution in [2.45, 2.75) is 13.5 Å². The molecule has 0 spiro atoms. The van der Waals surface area contributed by atoms with Gasteiger partial charge in [-0.05, 0) is 24.6 Å². The fourth-order valence-electron chi connectivity index (χ4n) is 1.52. The van der Waals surface area contributed by atoms with Crippen molar-refractivity contribution in [3.63, 3.8) is 0 Å². The minimum absolute atomic E-state index is 0.427. The van der Waals surface area contributed by atoms with Crippen molar-refractivity contribution in [2.75, 3.05) is 0 Å². The minimum atomic E-state index is 0.427. The molecule has 14 heavy (non-hydrogen) atoms. The number of nitrogens with zero attached hydrogens (tertiary/aromatic N) is 2. The second-order valence-corrected chi connectivity index (χ2v) is 3.27. The summed E-state index contributed by atoms with van der Waals surface area (Å²) in [5.41, 5.74) is 7.58. The highest BCUT2D eigenvalue weighted by Crippen LogP contribution is 2.24. The van der Waals surface area contributed by atoms with E-state index in [0.29, 0.717) is 6.54 Å². The molecule has 2 N–H and O–H groups in total. The molecule has 0 aliphatic carbocycles. The van der Waals surface area contributed by atoms with Crippen molar-refractivity contribution in [2.24, 2.45) is 12.8 Å². The normalized spacial score (nSPS) is 10.8. The van der Waals surface area contributed by atoms with Gasteiger partial charge in [0, 0.05) is 7.05 Å². The van der Waals surface area contributed by atoms with Crippen molar-refractivity contribution in [3.05, 3.63) is 29.7 Å². The largest absolute Gasteiger partial charge is 0.458 e. The lowest BCUT2D eigenvalue weighted by molar-refractivity contribution is 0.519. The third-order valence-corrected chi connectivity index (χ3v) is 2.22. The number of hydrogen-bond acceptors (Lipinski definition) is 3. The Labute approximate surface area is 82.3 Å². The summed E-state index contributed by atoms with van der Waals surface area (Å²) in [6, 6.07) is 3.81. The quantitative estimate of drug-likeness (QED) is 0.781. The lowest BCUT2D eigenvalue weighted by Crippen LogP contribution is -1.94. The molecule has 0 fully saturated rings. The zero-order valence-corrected chi connectivity index (χ0v) is 8.32. The zero-order chi connectivity index (χ0) is 10.1. The minimum Gasteiger partial charge on any atom is -0.458 e. The Hall–Kier alpha value is -1.55. The number of aromatic nitrogens is 2. The maximum absolute atomic E-state index is 5.55. The van der Waals surface area contributed by atoms with Gasteiger partial charge in [0.25, 0.3) is 0 Å². The second kappa shape index (κ2) is 3.31. The van der Waals surface area contributed by atoms with E-state index in [9.17, 15) is 0 Å². The van der Waals surface area contributed by atoms with Crippen LogP contribution in [0.25, 0.3) is 11.5 Å². The van der Waals surface area contributed by atoms with E-state index in [4.69, 9.17) is 10.2 Å². The number of hydrogen-bond donors (Lipinski definition) is 1. The lowest BCUT2D eigenvalue weighted by atomic mass is 10.2. The van der Waals surface area contributed by atoms with Gasteiger partial charge in [0.1, 0.15) is 11.5 Å². The maximum Gasteiger partial charge on any atom is 0.152 e. The first-order valence-corrected chi connectivity index (χ1v) is 4.50. The monoisotopic (exact) mass is 191 g/mol. The number of furan rings is 1. The Bertz CT molecular complexity index is 422. The molecule has 2 aromatic heterocycles. The average molecular weight is 191 g/mol. The molecule has 0 unspecified atom stereocenters. The summed E-state index contributed by atoms with van der Waals surface area (Å²) in [4.78, 5) is 0. The van der Waals surface area contributed by atoms with E-state index in [2.05, 4.69) is 5.10 Å². The Morgan fingerprint density at radius 2 is 2.29 bits per heavy atom. The molecule has 0 atom stereocenters. The van der Waals surface area contributed by atoms with E-state index < -0.39 is 0 Å². The summed E-state index contributed by atoms with van der Waals surface area (Å²) in [6.45, 7) is 2.43. The Morgan fingerprint density at radius 1 is 1.50 bits per heavy atom. The summed E-state index contributed by atoms with van der Waals surface area (Å²) >= 11 is 0. The highest BCUT2D eigenvalue weighted by molar-refractivity contribution is 5.57. The molecule has 0 radical (unpaired) electrons. The molecule has 0 aliphatic rings. The third kappa shape index (κ3) is 1.33. The molecule has 0 saturated heterocycles. The molecule has 0 amide bonds. The summed E-state index contributed by atoms with van der Waals surface area (Å²) in [7, 11) is 1.90. The van der Waals surface area contributed by atoms with Crippen LogP contribution in [0.5, 0.6) is 0 Å². The van der Waals surface area contributed by atoms with E-state index in [0.717, 1.165) is 22.8 Å². The fraction of sp³-hybridized carbons (Fsp3) is 0.300. The average Bonchev–Trinajstić information content (AvgIpc) is 2.73. The van der Waals surface area contributed by atoms with Gasteiger partial charge >= 0.3 is 0 Å². The van der Waals surface area contributed by atoms with Crippen LogP contribution in [0.15, 0.2) is 22.7 Å². The molecule has 0 bridgehead atoms. The van der Waals surface area contributed by atoms with E-state index >= 15 is 0 Å². The summed E-state index contributed by atoms with van der Waals surface area (Å²) in [5.74, 6) is 1.61. The van der Waals surface area contributed by atoms with Crippen LogP contribution in [0.1, 0.15) is 11.3 Å². The van der Waals surface area contributed by atoms with E-state index in [1.54, 1.807) is 4.68 Å². The molecular weight excluding hydrogens is 178 g/mol. The SMILES string of the molecule is Cc1cnn(C)c1-c1ccc(CN)o1. The third-order valence-electron chi connectivity index (χ3n) is 2.22. The van der Waals surface area contributed by atoms with Crippen LogP contribution < -0.4 is 5.73 Å². The summed E-state index contributed by atoms with van der Waals surface area (Å²) < 4.78 is 7.35. The molecule has 4 nitrogen and oxygen atoms in total. The lowest BCUT2D eigenvalue weighted by Gasteiger charge is -1.99. The zero-order valence-electron chi connectivity index (χ0n) is 8.32. The molecule has 4 heteroatoms. The Kier molecular flexibility index (Phi) is 2.13. The topological polar surface area (TPSA) is 57.0 Å².